The molecule has 1 amide bonds. The fourth-order valence-electron chi connectivity index (χ4n) is 3.25. The molecule has 6 nitrogen and oxygen atoms in total. The SMILES string of the molecule is Cc1ccc(-n2ccnc2SCC(=O)N(C)Cc2ccc3c(c2)OCCO3)cc1C. The summed E-state index contributed by atoms with van der Waals surface area (Å²) in [6, 6.07) is 12.1. The highest BCUT2D eigenvalue weighted by atomic mass is 32.2. The van der Waals surface area contributed by atoms with Crippen molar-refractivity contribution in [3.63, 3.8) is 0 Å². The lowest BCUT2D eigenvalue weighted by atomic mass is 10.1. The van der Waals surface area contributed by atoms with Crippen molar-refractivity contribution in [1.29, 1.82) is 0 Å². The third-order valence-electron chi connectivity index (χ3n) is 5.15. The highest BCUT2D eigenvalue weighted by molar-refractivity contribution is 7.99. The van der Waals surface area contributed by atoms with Gasteiger partial charge in [0.1, 0.15) is 13.2 Å². The van der Waals surface area contributed by atoms with E-state index in [-0.39, 0.29) is 5.91 Å². The minimum Gasteiger partial charge on any atom is -0.486 e. The number of hydrogen-bond donors (Lipinski definition) is 0. The van der Waals surface area contributed by atoms with Crippen LogP contribution in [0.4, 0.5) is 0 Å². The zero-order chi connectivity index (χ0) is 21.1. The van der Waals surface area contributed by atoms with Crippen molar-refractivity contribution < 1.29 is 14.3 Å². The second-order valence-corrected chi connectivity index (χ2v) is 8.31. The summed E-state index contributed by atoms with van der Waals surface area (Å²) in [7, 11) is 1.81. The van der Waals surface area contributed by atoms with Crippen LogP contribution >= 0.6 is 11.8 Å². The molecule has 0 saturated heterocycles. The van der Waals surface area contributed by atoms with E-state index in [9.17, 15) is 4.79 Å². The van der Waals surface area contributed by atoms with Gasteiger partial charge in [-0.25, -0.2) is 4.98 Å². The fourth-order valence-corrected chi connectivity index (χ4v) is 4.17. The molecule has 2 heterocycles. The second kappa shape index (κ2) is 8.83. The molecule has 156 valence electrons. The van der Waals surface area contributed by atoms with Crippen LogP contribution in [-0.4, -0.2) is 46.4 Å². The Morgan fingerprint density at radius 1 is 1.10 bits per heavy atom. The van der Waals surface area contributed by atoms with Gasteiger partial charge in [0, 0.05) is 31.7 Å². The van der Waals surface area contributed by atoms with Crippen molar-refractivity contribution >= 4 is 17.7 Å². The molecule has 0 atom stereocenters. The van der Waals surface area contributed by atoms with Gasteiger partial charge < -0.3 is 14.4 Å². The summed E-state index contributed by atoms with van der Waals surface area (Å²) in [6.07, 6.45) is 3.69. The van der Waals surface area contributed by atoms with Crippen molar-refractivity contribution in [2.24, 2.45) is 0 Å². The minimum atomic E-state index is 0.0459. The zero-order valence-corrected chi connectivity index (χ0v) is 18.2. The summed E-state index contributed by atoms with van der Waals surface area (Å²) >= 11 is 1.44. The van der Waals surface area contributed by atoms with Crippen LogP contribution in [0.5, 0.6) is 11.5 Å². The zero-order valence-electron chi connectivity index (χ0n) is 17.4. The number of imidazole rings is 1. The van der Waals surface area contributed by atoms with E-state index in [2.05, 4.69) is 37.0 Å². The van der Waals surface area contributed by atoms with Crippen LogP contribution in [0.15, 0.2) is 53.9 Å². The summed E-state index contributed by atoms with van der Waals surface area (Å²) in [5.41, 5.74) is 4.54. The first-order valence-electron chi connectivity index (χ1n) is 9.87. The summed E-state index contributed by atoms with van der Waals surface area (Å²) < 4.78 is 13.2. The first kappa shape index (κ1) is 20.3. The molecule has 0 fully saturated rings. The monoisotopic (exact) mass is 423 g/mol. The Morgan fingerprint density at radius 3 is 2.70 bits per heavy atom. The Kier molecular flexibility index (Phi) is 5.99. The first-order valence-corrected chi connectivity index (χ1v) is 10.9. The van der Waals surface area contributed by atoms with Crippen LogP contribution in [0.25, 0.3) is 5.69 Å². The number of rotatable bonds is 6. The lowest BCUT2D eigenvalue weighted by molar-refractivity contribution is -0.127. The van der Waals surface area contributed by atoms with E-state index in [4.69, 9.17) is 9.47 Å². The maximum absolute atomic E-state index is 12.7. The number of benzene rings is 2. The molecule has 0 saturated carbocycles. The number of thioether (sulfide) groups is 1. The Balaban J connectivity index is 1.38. The maximum atomic E-state index is 12.7. The summed E-state index contributed by atoms with van der Waals surface area (Å²) in [6.45, 7) is 5.83. The molecule has 3 aromatic rings. The number of nitrogens with zero attached hydrogens (tertiary/aromatic N) is 3. The molecule has 1 aliphatic heterocycles. The molecule has 1 aliphatic rings. The first-order chi connectivity index (χ1) is 14.5. The quantitative estimate of drug-likeness (QED) is 0.561. The van der Waals surface area contributed by atoms with E-state index in [1.165, 1.54) is 22.9 Å². The fraction of sp³-hybridized carbons (Fsp3) is 0.304. The standard InChI is InChI=1S/C23H25N3O3S/c1-16-4-6-19(12-17(16)2)26-9-8-24-23(26)30-15-22(27)25(3)14-18-5-7-20-21(13-18)29-11-10-28-20/h4-9,12-13H,10-11,14-15H2,1-3H3. The van der Waals surface area contributed by atoms with Gasteiger partial charge in [0.05, 0.1) is 5.75 Å². The number of carbonyl (C=O) groups is 1. The van der Waals surface area contributed by atoms with Crippen LogP contribution in [0.2, 0.25) is 0 Å². The molecule has 0 N–H and O–H groups in total. The normalized spacial score (nSPS) is 12.6. The molecule has 7 heteroatoms. The molecule has 4 rings (SSSR count). The van der Waals surface area contributed by atoms with Gasteiger partial charge in [-0.15, -0.1) is 0 Å². The van der Waals surface area contributed by atoms with Gasteiger partial charge >= 0.3 is 0 Å². The van der Waals surface area contributed by atoms with E-state index in [0.29, 0.717) is 25.5 Å². The van der Waals surface area contributed by atoms with E-state index in [1.54, 1.807) is 11.1 Å². The van der Waals surface area contributed by atoms with Crippen molar-refractivity contribution in [2.75, 3.05) is 26.0 Å². The number of carbonyl (C=O) groups excluding carboxylic acids is 1. The van der Waals surface area contributed by atoms with Gasteiger partial charge in [0.2, 0.25) is 5.91 Å². The lowest BCUT2D eigenvalue weighted by Crippen LogP contribution is -2.28. The number of aromatic nitrogens is 2. The topological polar surface area (TPSA) is 56.6 Å². The van der Waals surface area contributed by atoms with Crippen LogP contribution in [0.3, 0.4) is 0 Å². The van der Waals surface area contributed by atoms with Gasteiger partial charge in [0.25, 0.3) is 0 Å². The maximum Gasteiger partial charge on any atom is 0.233 e. The summed E-state index contributed by atoms with van der Waals surface area (Å²) in [5.74, 6) is 1.87. The minimum absolute atomic E-state index is 0.0459. The van der Waals surface area contributed by atoms with E-state index in [0.717, 1.165) is 27.9 Å². The molecule has 2 aromatic carbocycles. The van der Waals surface area contributed by atoms with Crippen molar-refractivity contribution in [3.8, 4) is 17.2 Å². The van der Waals surface area contributed by atoms with E-state index in [1.807, 2.05) is 36.0 Å². The van der Waals surface area contributed by atoms with Gasteiger partial charge in [0.15, 0.2) is 16.7 Å². The molecule has 30 heavy (non-hydrogen) atoms. The number of amides is 1. The Bertz CT molecular complexity index is 1060. The lowest BCUT2D eigenvalue weighted by Gasteiger charge is -2.21. The Labute approximate surface area is 180 Å². The number of ether oxygens (including phenoxy) is 2. The highest BCUT2D eigenvalue weighted by Gasteiger charge is 2.16. The molecular weight excluding hydrogens is 398 g/mol. The van der Waals surface area contributed by atoms with Gasteiger partial charge in [-0.3, -0.25) is 9.36 Å². The van der Waals surface area contributed by atoms with E-state index < -0.39 is 0 Å². The number of hydrogen-bond acceptors (Lipinski definition) is 5. The van der Waals surface area contributed by atoms with Crippen LogP contribution in [0.1, 0.15) is 16.7 Å². The third-order valence-corrected chi connectivity index (χ3v) is 6.10. The molecule has 1 aromatic heterocycles. The second-order valence-electron chi connectivity index (χ2n) is 7.36. The molecule has 0 aliphatic carbocycles. The Morgan fingerprint density at radius 2 is 1.90 bits per heavy atom. The van der Waals surface area contributed by atoms with Crippen LogP contribution in [0, 0.1) is 13.8 Å². The van der Waals surface area contributed by atoms with Crippen molar-refractivity contribution in [1.82, 2.24) is 14.5 Å². The van der Waals surface area contributed by atoms with Gasteiger partial charge in [-0.05, 0) is 54.8 Å². The van der Waals surface area contributed by atoms with Crippen LogP contribution < -0.4 is 9.47 Å². The summed E-state index contributed by atoms with van der Waals surface area (Å²) in [5, 5.41) is 0.805. The molecule has 0 spiro atoms. The largest absolute Gasteiger partial charge is 0.486 e. The molecular formula is C23H25N3O3S. The van der Waals surface area contributed by atoms with Crippen molar-refractivity contribution in [3.05, 3.63) is 65.5 Å². The van der Waals surface area contributed by atoms with Crippen molar-refractivity contribution in [2.45, 2.75) is 25.5 Å². The molecule has 0 unspecified atom stereocenters. The smallest absolute Gasteiger partial charge is 0.233 e. The predicted octanol–water partition coefficient (Wildman–Crippen LogP) is 4.01. The number of aryl methyl sites for hydroxylation is 2. The highest BCUT2D eigenvalue weighted by Crippen LogP contribution is 2.31. The van der Waals surface area contributed by atoms with Crippen LogP contribution in [-0.2, 0) is 11.3 Å². The number of fused-ring (bicyclic) bond motifs is 1. The van der Waals surface area contributed by atoms with E-state index >= 15 is 0 Å². The summed E-state index contributed by atoms with van der Waals surface area (Å²) in [4.78, 5) is 18.8. The third kappa shape index (κ3) is 4.46. The van der Waals surface area contributed by atoms with Gasteiger partial charge in [-0.2, -0.15) is 0 Å². The Hall–Kier alpha value is -2.93. The molecule has 0 bridgehead atoms. The van der Waals surface area contributed by atoms with Gasteiger partial charge in [-0.1, -0.05) is 23.9 Å². The predicted molar refractivity (Wildman–Crippen MR) is 118 cm³/mol. The average molecular weight is 424 g/mol. The average Bonchev–Trinajstić information content (AvgIpc) is 3.22. The molecule has 0 radical (unpaired) electrons.